The minimum atomic E-state index is -0.495. The number of aliphatic hydroxyl groups excluding tert-OH is 1. The molecule has 3 nitrogen and oxygen atoms in total. The number of aliphatic hydroxyl groups is 1. The van der Waals surface area contributed by atoms with E-state index in [-0.39, 0.29) is 23.7 Å². The van der Waals surface area contributed by atoms with Gasteiger partial charge in [-0.2, -0.15) is 0 Å². The number of methoxy groups -OCH3 is 1. The van der Waals surface area contributed by atoms with Gasteiger partial charge in [-0.05, 0) is 32.1 Å². The maximum absolute atomic E-state index is 11.6. The van der Waals surface area contributed by atoms with Crippen molar-refractivity contribution in [1.82, 2.24) is 0 Å². The van der Waals surface area contributed by atoms with Crippen LogP contribution in [0.25, 0.3) is 0 Å². The zero-order valence-electron chi connectivity index (χ0n) is 9.66. The lowest BCUT2D eigenvalue weighted by Gasteiger charge is -2.29. The summed E-state index contributed by atoms with van der Waals surface area (Å²) in [5, 5.41) is 9.78. The van der Waals surface area contributed by atoms with Crippen LogP contribution in [0.2, 0.25) is 0 Å². The summed E-state index contributed by atoms with van der Waals surface area (Å²) in [6.07, 6.45) is 0.106. The first-order valence-electron chi connectivity index (χ1n) is 5.23. The van der Waals surface area contributed by atoms with Crippen LogP contribution < -0.4 is 0 Å². The molecule has 0 bridgehead atoms. The van der Waals surface area contributed by atoms with E-state index in [1.54, 1.807) is 0 Å². The van der Waals surface area contributed by atoms with Crippen molar-refractivity contribution in [2.45, 2.75) is 38.2 Å². The Kier molecular flexibility index (Phi) is 3.67. The molecule has 4 heteroatoms. The van der Waals surface area contributed by atoms with Crippen LogP contribution in [0.3, 0.4) is 0 Å². The number of carbonyl (C=O) groups is 1. The molecule has 15 heavy (non-hydrogen) atoms. The molecule has 88 valence electrons. The Balaban J connectivity index is 2.92. The molecular weight excluding hydrogens is 216 g/mol. The number of ether oxygens (including phenoxy) is 1. The Bertz CT molecular complexity index is 247. The van der Waals surface area contributed by atoms with Gasteiger partial charge in [0.05, 0.1) is 19.1 Å². The summed E-state index contributed by atoms with van der Waals surface area (Å²) in [4.78, 5) is 11.1. The summed E-state index contributed by atoms with van der Waals surface area (Å²) in [6.45, 7) is 5.62. The molecule has 0 unspecified atom stereocenters. The molecule has 0 radical (unpaired) electrons. The standard InChI is InChI=1S/C11H19ClO3/c1-6-8(13)5-7(11(2,3)12)9(6)10(14)15-4/h6-9,13H,5H2,1-4H3/t6-,7+,8+,9+/m1/s1. The Morgan fingerprint density at radius 1 is 1.53 bits per heavy atom. The molecule has 0 aromatic rings. The third-order valence-electron chi connectivity index (χ3n) is 3.46. The van der Waals surface area contributed by atoms with Crippen LogP contribution in [-0.4, -0.2) is 29.2 Å². The van der Waals surface area contributed by atoms with E-state index in [1.165, 1.54) is 7.11 Å². The van der Waals surface area contributed by atoms with E-state index >= 15 is 0 Å². The van der Waals surface area contributed by atoms with Crippen LogP contribution in [0, 0.1) is 17.8 Å². The van der Waals surface area contributed by atoms with E-state index in [9.17, 15) is 9.90 Å². The van der Waals surface area contributed by atoms with Crippen molar-refractivity contribution in [3.05, 3.63) is 0 Å². The van der Waals surface area contributed by atoms with Gasteiger partial charge < -0.3 is 9.84 Å². The predicted octanol–water partition coefficient (Wildman–Crippen LogP) is 1.81. The van der Waals surface area contributed by atoms with E-state index < -0.39 is 11.0 Å². The van der Waals surface area contributed by atoms with Crippen LogP contribution in [0.5, 0.6) is 0 Å². The van der Waals surface area contributed by atoms with Crippen molar-refractivity contribution < 1.29 is 14.6 Å². The van der Waals surface area contributed by atoms with Crippen molar-refractivity contribution >= 4 is 17.6 Å². The Morgan fingerprint density at radius 2 is 2.07 bits per heavy atom. The third kappa shape index (κ3) is 2.45. The maximum atomic E-state index is 11.6. The van der Waals surface area contributed by atoms with Crippen molar-refractivity contribution in [3.63, 3.8) is 0 Å². The second-order valence-electron chi connectivity index (χ2n) is 4.88. The SMILES string of the molecule is COC(=O)[C@H]1[C@H](C)[C@@H](O)C[C@@H]1C(C)(C)Cl. The lowest BCUT2D eigenvalue weighted by Crippen LogP contribution is -2.35. The smallest absolute Gasteiger partial charge is 0.309 e. The molecule has 0 heterocycles. The van der Waals surface area contributed by atoms with Crippen LogP contribution in [0.4, 0.5) is 0 Å². The Hall–Kier alpha value is -0.280. The first-order valence-corrected chi connectivity index (χ1v) is 5.61. The van der Waals surface area contributed by atoms with Gasteiger partial charge in [0.15, 0.2) is 0 Å². The number of halogens is 1. The van der Waals surface area contributed by atoms with Crippen LogP contribution >= 0.6 is 11.6 Å². The second kappa shape index (κ2) is 4.30. The first kappa shape index (κ1) is 12.8. The molecule has 1 fully saturated rings. The Labute approximate surface area is 95.8 Å². The molecule has 0 amide bonds. The summed E-state index contributed by atoms with van der Waals surface area (Å²) in [6, 6.07) is 0. The zero-order valence-corrected chi connectivity index (χ0v) is 10.4. The fraction of sp³-hybridized carbons (Fsp3) is 0.909. The monoisotopic (exact) mass is 234 g/mol. The molecule has 0 saturated heterocycles. The molecule has 0 spiro atoms. The van der Waals surface area contributed by atoms with Gasteiger partial charge >= 0.3 is 5.97 Å². The average Bonchev–Trinajstić information content (AvgIpc) is 2.42. The van der Waals surface area contributed by atoms with Crippen LogP contribution in [-0.2, 0) is 9.53 Å². The highest BCUT2D eigenvalue weighted by atomic mass is 35.5. The fourth-order valence-electron chi connectivity index (χ4n) is 2.45. The van der Waals surface area contributed by atoms with Gasteiger partial charge in [0.2, 0.25) is 0 Å². The number of rotatable bonds is 2. The highest BCUT2D eigenvalue weighted by Gasteiger charge is 2.50. The third-order valence-corrected chi connectivity index (χ3v) is 3.74. The molecular formula is C11H19ClO3. The number of alkyl halides is 1. The average molecular weight is 235 g/mol. The minimum absolute atomic E-state index is 0.0309. The summed E-state index contributed by atoms with van der Waals surface area (Å²) >= 11 is 6.25. The number of hydrogen-bond donors (Lipinski definition) is 1. The van der Waals surface area contributed by atoms with E-state index in [1.807, 2.05) is 20.8 Å². The van der Waals surface area contributed by atoms with Crippen molar-refractivity contribution in [3.8, 4) is 0 Å². The van der Waals surface area contributed by atoms with Gasteiger partial charge in [0.25, 0.3) is 0 Å². The topological polar surface area (TPSA) is 46.5 Å². The van der Waals surface area contributed by atoms with Gasteiger partial charge in [-0.25, -0.2) is 0 Å². The van der Waals surface area contributed by atoms with Gasteiger partial charge in [-0.3, -0.25) is 4.79 Å². The largest absolute Gasteiger partial charge is 0.469 e. The molecule has 0 aromatic heterocycles. The van der Waals surface area contributed by atoms with Crippen LogP contribution in [0.15, 0.2) is 0 Å². The maximum Gasteiger partial charge on any atom is 0.309 e. The summed E-state index contributed by atoms with van der Waals surface area (Å²) in [5.74, 6) is -0.674. The quantitative estimate of drug-likeness (QED) is 0.586. The molecule has 4 atom stereocenters. The normalized spacial score (nSPS) is 36.7. The molecule has 1 rings (SSSR count). The molecule has 1 N–H and O–H groups in total. The van der Waals surface area contributed by atoms with Gasteiger partial charge in [0.1, 0.15) is 0 Å². The second-order valence-corrected chi connectivity index (χ2v) is 5.86. The molecule has 1 saturated carbocycles. The van der Waals surface area contributed by atoms with E-state index in [0.717, 1.165) is 0 Å². The molecule has 0 aromatic carbocycles. The lowest BCUT2D eigenvalue weighted by atomic mass is 9.82. The van der Waals surface area contributed by atoms with Gasteiger partial charge in [0, 0.05) is 4.87 Å². The number of hydrogen-bond acceptors (Lipinski definition) is 3. The lowest BCUT2D eigenvalue weighted by molar-refractivity contribution is -0.149. The predicted molar refractivity (Wildman–Crippen MR) is 58.7 cm³/mol. The van der Waals surface area contributed by atoms with Crippen molar-refractivity contribution in [2.75, 3.05) is 7.11 Å². The molecule has 1 aliphatic carbocycles. The number of carbonyl (C=O) groups excluding carboxylic acids is 1. The van der Waals surface area contributed by atoms with E-state index in [2.05, 4.69) is 0 Å². The summed E-state index contributed by atoms with van der Waals surface area (Å²) < 4.78 is 4.77. The highest BCUT2D eigenvalue weighted by molar-refractivity contribution is 6.23. The Morgan fingerprint density at radius 3 is 2.47 bits per heavy atom. The van der Waals surface area contributed by atoms with Crippen LogP contribution in [0.1, 0.15) is 27.2 Å². The molecule has 1 aliphatic rings. The fourth-order valence-corrected chi connectivity index (χ4v) is 2.67. The van der Waals surface area contributed by atoms with Gasteiger partial charge in [-0.15, -0.1) is 11.6 Å². The molecule has 0 aliphatic heterocycles. The highest BCUT2D eigenvalue weighted by Crippen LogP contribution is 2.45. The van der Waals surface area contributed by atoms with E-state index in [0.29, 0.717) is 6.42 Å². The van der Waals surface area contributed by atoms with Crippen molar-refractivity contribution in [1.29, 1.82) is 0 Å². The summed E-state index contributed by atoms with van der Waals surface area (Å²) in [5.41, 5.74) is 0. The van der Waals surface area contributed by atoms with E-state index in [4.69, 9.17) is 16.3 Å². The zero-order chi connectivity index (χ0) is 11.8. The van der Waals surface area contributed by atoms with Crippen molar-refractivity contribution in [2.24, 2.45) is 17.8 Å². The number of esters is 1. The minimum Gasteiger partial charge on any atom is -0.469 e. The van der Waals surface area contributed by atoms with Gasteiger partial charge in [-0.1, -0.05) is 6.92 Å². The first-order chi connectivity index (χ1) is 6.79. The summed E-state index contributed by atoms with van der Waals surface area (Å²) in [7, 11) is 1.37.